The molecule has 208 valence electrons. The number of carbonyl (C=O) groups is 1. The smallest absolute Gasteiger partial charge is 0.305 e. The van der Waals surface area contributed by atoms with Gasteiger partial charge in [0.15, 0.2) is 0 Å². The Hall–Kier alpha value is -0.610. The number of hydrogen-bond donors (Lipinski definition) is 1. The van der Waals surface area contributed by atoms with Gasteiger partial charge in [-0.3, -0.25) is 4.79 Å². The summed E-state index contributed by atoms with van der Waals surface area (Å²) < 4.78 is 11.1. The molecule has 0 radical (unpaired) electrons. The standard InChI is InChI=1S/C31H60O4/c32-28-30-29-35-31(33)26-24-22-20-18-16-14-12-10-8-6-4-2-1-3-5-7-9-11-13-15-17-19-21-23-25-27-34-30/h30,32H,1-29H2/t30-/m1/s1. The average molecular weight is 497 g/mol. The summed E-state index contributed by atoms with van der Waals surface area (Å²) in [7, 11) is 0. The van der Waals surface area contributed by atoms with Gasteiger partial charge in [0, 0.05) is 13.0 Å². The van der Waals surface area contributed by atoms with E-state index in [2.05, 4.69) is 0 Å². The summed E-state index contributed by atoms with van der Waals surface area (Å²) in [5.74, 6) is -0.155. The molecule has 0 unspecified atom stereocenters. The molecule has 1 N–H and O–H groups in total. The molecule has 0 saturated carbocycles. The first-order valence-electron chi connectivity index (χ1n) is 15.7. The fourth-order valence-corrected chi connectivity index (χ4v) is 5.10. The van der Waals surface area contributed by atoms with Crippen molar-refractivity contribution in [3.05, 3.63) is 0 Å². The number of esters is 1. The summed E-state index contributed by atoms with van der Waals surface area (Å²) in [6.45, 7) is 0.728. The summed E-state index contributed by atoms with van der Waals surface area (Å²) >= 11 is 0. The SMILES string of the molecule is O=C1CCCCCCCCCCCCCCCCCCCCCCCCCCCO[C@H](CO)CO1. The van der Waals surface area contributed by atoms with Gasteiger partial charge in [-0.1, -0.05) is 148 Å². The van der Waals surface area contributed by atoms with Crippen molar-refractivity contribution in [3.63, 3.8) is 0 Å². The van der Waals surface area contributed by atoms with Crippen molar-refractivity contribution in [2.45, 2.75) is 173 Å². The minimum atomic E-state index is -0.382. The van der Waals surface area contributed by atoms with E-state index < -0.39 is 0 Å². The van der Waals surface area contributed by atoms with Crippen LogP contribution in [0.5, 0.6) is 0 Å². The third-order valence-electron chi connectivity index (χ3n) is 7.51. The zero-order valence-corrected chi connectivity index (χ0v) is 23.3. The maximum atomic E-state index is 12.0. The molecule has 0 aromatic carbocycles. The summed E-state index contributed by atoms with van der Waals surface area (Å²) in [6, 6.07) is 0. The first-order valence-corrected chi connectivity index (χ1v) is 15.7. The van der Waals surface area contributed by atoms with Crippen LogP contribution in [0.15, 0.2) is 0 Å². The topological polar surface area (TPSA) is 55.8 Å². The second kappa shape index (κ2) is 26.5. The second-order valence-electron chi connectivity index (χ2n) is 10.9. The van der Waals surface area contributed by atoms with E-state index in [9.17, 15) is 9.90 Å². The van der Waals surface area contributed by atoms with Crippen LogP contribution in [0.4, 0.5) is 0 Å². The molecule has 1 fully saturated rings. The van der Waals surface area contributed by atoms with Gasteiger partial charge in [0.1, 0.15) is 12.7 Å². The summed E-state index contributed by atoms with van der Waals surface area (Å²) in [5, 5.41) is 9.49. The summed E-state index contributed by atoms with van der Waals surface area (Å²) in [4.78, 5) is 12.0. The Bertz CT molecular complexity index is 440. The van der Waals surface area contributed by atoms with Gasteiger partial charge < -0.3 is 14.6 Å². The highest BCUT2D eigenvalue weighted by atomic mass is 16.6. The van der Waals surface area contributed by atoms with Gasteiger partial charge in [-0.2, -0.15) is 0 Å². The maximum absolute atomic E-state index is 12.0. The highest BCUT2D eigenvalue weighted by Gasteiger charge is 2.11. The van der Waals surface area contributed by atoms with Gasteiger partial charge in [-0.05, 0) is 12.8 Å². The maximum Gasteiger partial charge on any atom is 0.305 e. The van der Waals surface area contributed by atoms with E-state index in [4.69, 9.17) is 9.47 Å². The van der Waals surface area contributed by atoms with E-state index in [0.29, 0.717) is 13.0 Å². The van der Waals surface area contributed by atoms with Gasteiger partial charge in [0.25, 0.3) is 0 Å². The molecule has 0 amide bonds. The van der Waals surface area contributed by atoms with Crippen molar-refractivity contribution in [3.8, 4) is 0 Å². The van der Waals surface area contributed by atoms with Crippen LogP contribution in [-0.4, -0.2) is 37.0 Å². The van der Waals surface area contributed by atoms with Crippen molar-refractivity contribution in [2.75, 3.05) is 19.8 Å². The van der Waals surface area contributed by atoms with Gasteiger partial charge in [0.2, 0.25) is 0 Å². The molecule has 1 rings (SSSR count). The second-order valence-corrected chi connectivity index (χ2v) is 10.9. The quantitative estimate of drug-likeness (QED) is 0.368. The lowest BCUT2D eigenvalue weighted by molar-refractivity contribution is -0.149. The fraction of sp³-hybridized carbons (Fsp3) is 0.968. The van der Waals surface area contributed by atoms with Crippen LogP contribution in [0, 0.1) is 0 Å². The van der Waals surface area contributed by atoms with Crippen molar-refractivity contribution in [1.29, 1.82) is 0 Å². The number of ether oxygens (including phenoxy) is 2. The Morgan fingerprint density at radius 3 is 1.17 bits per heavy atom. The Balaban J connectivity index is 2.16. The highest BCUT2D eigenvalue weighted by Crippen LogP contribution is 2.16. The minimum Gasteiger partial charge on any atom is -0.463 e. The van der Waals surface area contributed by atoms with Crippen LogP contribution in [0.25, 0.3) is 0 Å². The molecule has 0 aromatic rings. The van der Waals surface area contributed by atoms with E-state index in [1.807, 2.05) is 0 Å². The first-order chi connectivity index (χ1) is 17.3. The Morgan fingerprint density at radius 2 is 0.829 bits per heavy atom. The molecule has 0 aromatic heterocycles. The van der Waals surface area contributed by atoms with Crippen molar-refractivity contribution < 1.29 is 19.4 Å². The molecule has 4 heteroatoms. The number of aliphatic hydroxyl groups is 1. The molecular formula is C31H60O4. The lowest BCUT2D eigenvalue weighted by Gasteiger charge is -2.15. The van der Waals surface area contributed by atoms with Crippen LogP contribution in [-0.2, 0) is 14.3 Å². The third kappa shape index (κ3) is 23.5. The van der Waals surface area contributed by atoms with Crippen LogP contribution in [0.3, 0.4) is 0 Å². The Kier molecular flexibility index (Phi) is 24.5. The number of hydrogen-bond acceptors (Lipinski definition) is 4. The number of rotatable bonds is 1. The molecule has 1 heterocycles. The Labute approximate surface area is 218 Å². The van der Waals surface area contributed by atoms with Crippen LogP contribution in [0.1, 0.15) is 167 Å². The Morgan fingerprint density at radius 1 is 0.514 bits per heavy atom. The molecule has 1 atom stereocenters. The number of aliphatic hydroxyl groups excluding tert-OH is 1. The van der Waals surface area contributed by atoms with E-state index >= 15 is 0 Å². The fourth-order valence-electron chi connectivity index (χ4n) is 5.10. The number of carbonyl (C=O) groups excluding carboxylic acids is 1. The van der Waals surface area contributed by atoms with E-state index in [0.717, 1.165) is 19.3 Å². The molecule has 0 spiro atoms. The predicted molar refractivity (Wildman–Crippen MR) is 148 cm³/mol. The third-order valence-corrected chi connectivity index (χ3v) is 7.51. The van der Waals surface area contributed by atoms with Crippen molar-refractivity contribution in [1.82, 2.24) is 0 Å². The zero-order chi connectivity index (χ0) is 25.1. The van der Waals surface area contributed by atoms with E-state index in [-0.39, 0.29) is 25.3 Å². The molecule has 0 bridgehead atoms. The molecule has 0 aliphatic carbocycles. The average Bonchev–Trinajstić information content (AvgIpc) is 2.86. The van der Waals surface area contributed by atoms with Crippen molar-refractivity contribution >= 4 is 5.97 Å². The number of cyclic esters (lactones) is 1. The highest BCUT2D eigenvalue weighted by molar-refractivity contribution is 5.69. The van der Waals surface area contributed by atoms with E-state index in [1.165, 1.54) is 141 Å². The van der Waals surface area contributed by atoms with Gasteiger partial charge >= 0.3 is 5.97 Å². The molecule has 35 heavy (non-hydrogen) atoms. The normalized spacial score (nSPS) is 24.9. The summed E-state index contributed by atoms with van der Waals surface area (Å²) in [6.07, 6.45) is 33.4. The molecule has 1 aliphatic heterocycles. The van der Waals surface area contributed by atoms with Crippen LogP contribution in [0.2, 0.25) is 0 Å². The monoisotopic (exact) mass is 496 g/mol. The minimum absolute atomic E-state index is 0.0900. The lowest BCUT2D eigenvalue weighted by atomic mass is 10.0. The van der Waals surface area contributed by atoms with Crippen LogP contribution < -0.4 is 0 Å². The van der Waals surface area contributed by atoms with Gasteiger partial charge in [-0.15, -0.1) is 0 Å². The zero-order valence-electron chi connectivity index (χ0n) is 23.3. The van der Waals surface area contributed by atoms with E-state index in [1.54, 1.807) is 0 Å². The molecule has 1 saturated heterocycles. The van der Waals surface area contributed by atoms with Crippen molar-refractivity contribution in [2.24, 2.45) is 0 Å². The van der Waals surface area contributed by atoms with Crippen LogP contribution >= 0.6 is 0 Å². The predicted octanol–water partition coefficient (Wildman–Crippen LogP) is 9.06. The largest absolute Gasteiger partial charge is 0.463 e. The molecular weight excluding hydrogens is 436 g/mol. The lowest BCUT2D eigenvalue weighted by Crippen LogP contribution is -2.26. The first kappa shape index (κ1) is 32.4. The summed E-state index contributed by atoms with van der Waals surface area (Å²) in [5.41, 5.74) is 0. The van der Waals surface area contributed by atoms with Gasteiger partial charge in [-0.25, -0.2) is 0 Å². The molecule has 1 aliphatic rings. The molecule has 4 nitrogen and oxygen atoms in total. The van der Waals surface area contributed by atoms with Gasteiger partial charge in [0.05, 0.1) is 6.61 Å².